The molecule has 0 N–H and O–H groups in total. The third-order valence-electron chi connectivity index (χ3n) is 1.96. The minimum atomic E-state index is -0.138. The van der Waals surface area contributed by atoms with Gasteiger partial charge in [-0.3, -0.25) is 0 Å². The van der Waals surface area contributed by atoms with Crippen molar-refractivity contribution in [3.63, 3.8) is 0 Å². The van der Waals surface area contributed by atoms with Gasteiger partial charge in [-0.2, -0.15) is 0 Å². The Bertz CT molecular complexity index is 226. The SMILES string of the molecule is CCP(CC)c1ccc(F)cc1. The molecule has 0 radical (unpaired) electrons. The first-order valence-electron chi connectivity index (χ1n) is 4.28. The Morgan fingerprint density at radius 3 is 2.00 bits per heavy atom. The molecule has 0 unspecified atom stereocenters. The minimum absolute atomic E-state index is 0.0304. The van der Waals surface area contributed by atoms with Crippen molar-refractivity contribution in [3.05, 3.63) is 30.1 Å². The van der Waals surface area contributed by atoms with E-state index >= 15 is 0 Å². The summed E-state index contributed by atoms with van der Waals surface area (Å²) in [4.78, 5) is 0. The fraction of sp³-hybridized carbons (Fsp3) is 0.400. The van der Waals surface area contributed by atoms with Crippen LogP contribution in [0.5, 0.6) is 0 Å². The van der Waals surface area contributed by atoms with Crippen molar-refractivity contribution in [2.75, 3.05) is 12.3 Å². The summed E-state index contributed by atoms with van der Waals surface area (Å²) in [7, 11) is -0.0304. The second-order valence-corrected chi connectivity index (χ2v) is 5.51. The Balaban J connectivity index is 2.80. The van der Waals surface area contributed by atoms with Gasteiger partial charge in [-0.05, 0) is 29.8 Å². The van der Waals surface area contributed by atoms with Crippen molar-refractivity contribution < 1.29 is 4.39 Å². The van der Waals surface area contributed by atoms with Gasteiger partial charge in [0.15, 0.2) is 0 Å². The molecule has 0 aliphatic heterocycles. The van der Waals surface area contributed by atoms with E-state index in [1.165, 1.54) is 17.6 Å². The molecule has 0 fully saturated rings. The highest BCUT2D eigenvalue weighted by Crippen LogP contribution is 2.32. The van der Waals surface area contributed by atoms with Gasteiger partial charge in [0.1, 0.15) is 5.82 Å². The van der Waals surface area contributed by atoms with Gasteiger partial charge in [-0.1, -0.05) is 33.9 Å². The molecule has 0 saturated carbocycles. The number of rotatable bonds is 3. The van der Waals surface area contributed by atoms with Gasteiger partial charge in [-0.25, -0.2) is 4.39 Å². The van der Waals surface area contributed by atoms with Crippen molar-refractivity contribution in [2.45, 2.75) is 13.8 Å². The summed E-state index contributed by atoms with van der Waals surface area (Å²) in [5.41, 5.74) is 0. The van der Waals surface area contributed by atoms with E-state index in [9.17, 15) is 4.39 Å². The molecule has 0 amide bonds. The average molecular weight is 184 g/mol. The lowest BCUT2D eigenvalue weighted by Gasteiger charge is -2.12. The molecule has 0 bridgehead atoms. The van der Waals surface area contributed by atoms with E-state index in [1.54, 1.807) is 12.1 Å². The minimum Gasteiger partial charge on any atom is -0.207 e. The second kappa shape index (κ2) is 4.57. The van der Waals surface area contributed by atoms with Gasteiger partial charge in [0.05, 0.1) is 0 Å². The molecular weight excluding hydrogens is 170 g/mol. The monoisotopic (exact) mass is 184 g/mol. The lowest BCUT2D eigenvalue weighted by atomic mass is 10.3. The van der Waals surface area contributed by atoms with Crippen molar-refractivity contribution in [1.29, 1.82) is 0 Å². The second-order valence-electron chi connectivity index (χ2n) is 2.65. The summed E-state index contributed by atoms with van der Waals surface area (Å²) in [5, 5.41) is 1.32. The van der Waals surface area contributed by atoms with E-state index in [2.05, 4.69) is 13.8 Å². The lowest BCUT2D eigenvalue weighted by Crippen LogP contribution is -2.03. The maximum absolute atomic E-state index is 12.6. The van der Waals surface area contributed by atoms with Crippen LogP contribution in [0.15, 0.2) is 24.3 Å². The molecule has 0 saturated heterocycles. The highest BCUT2D eigenvalue weighted by Gasteiger charge is 2.04. The van der Waals surface area contributed by atoms with Crippen molar-refractivity contribution >= 4 is 13.2 Å². The molecule has 0 aliphatic rings. The van der Waals surface area contributed by atoms with Crippen LogP contribution in [-0.2, 0) is 0 Å². The van der Waals surface area contributed by atoms with Gasteiger partial charge < -0.3 is 0 Å². The predicted molar refractivity (Wildman–Crippen MR) is 54.0 cm³/mol. The van der Waals surface area contributed by atoms with E-state index in [1.807, 2.05) is 12.1 Å². The quantitative estimate of drug-likeness (QED) is 0.633. The highest BCUT2D eigenvalue weighted by molar-refractivity contribution is 7.65. The third kappa shape index (κ3) is 2.28. The standard InChI is InChI=1S/C10H14FP/c1-3-12(4-2)10-7-5-9(11)6-8-10/h5-8H,3-4H2,1-2H3. The Morgan fingerprint density at radius 1 is 1.08 bits per heavy atom. The summed E-state index contributed by atoms with van der Waals surface area (Å²) in [6.45, 7) is 4.39. The molecule has 0 atom stereocenters. The molecule has 1 aromatic carbocycles. The van der Waals surface area contributed by atoms with Crippen LogP contribution in [0.3, 0.4) is 0 Å². The Hall–Kier alpha value is -0.420. The van der Waals surface area contributed by atoms with Crippen LogP contribution in [0.4, 0.5) is 4.39 Å². The van der Waals surface area contributed by atoms with Gasteiger partial charge >= 0.3 is 0 Å². The first-order chi connectivity index (χ1) is 5.77. The topological polar surface area (TPSA) is 0 Å². The fourth-order valence-electron chi connectivity index (χ4n) is 1.24. The van der Waals surface area contributed by atoms with Crippen LogP contribution in [0, 0.1) is 5.82 Å². The largest absolute Gasteiger partial charge is 0.207 e. The van der Waals surface area contributed by atoms with E-state index in [0.717, 1.165) is 0 Å². The summed E-state index contributed by atoms with van der Waals surface area (Å²) in [6, 6.07) is 6.92. The number of hydrogen-bond acceptors (Lipinski definition) is 0. The molecule has 0 nitrogen and oxygen atoms in total. The zero-order chi connectivity index (χ0) is 8.97. The molecule has 0 aliphatic carbocycles. The zero-order valence-electron chi connectivity index (χ0n) is 7.55. The fourth-order valence-corrected chi connectivity index (χ4v) is 2.99. The lowest BCUT2D eigenvalue weighted by molar-refractivity contribution is 0.628. The third-order valence-corrected chi connectivity index (χ3v) is 4.51. The Morgan fingerprint density at radius 2 is 1.58 bits per heavy atom. The Labute approximate surface area is 74.6 Å². The summed E-state index contributed by atoms with van der Waals surface area (Å²) >= 11 is 0. The predicted octanol–water partition coefficient (Wildman–Crippen LogP) is 2.97. The van der Waals surface area contributed by atoms with Gasteiger partial charge in [0.25, 0.3) is 0 Å². The Kier molecular flexibility index (Phi) is 3.68. The maximum atomic E-state index is 12.6. The van der Waals surface area contributed by atoms with E-state index < -0.39 is 0 Å². The van der Waals surface area contributed by atoms with E-state index in [0.29, 0.717) is 0 Å². The van der Waals surface area contributed by atoms with Crippen LogP contribution >= 0.6 is 7.92 Å². The number of halogens is 1. The average Bonchev–Trinajstić information content (AvgIpc) is 2.10. The molecule has 1 rings (SSSR count). The molecule has 66 valence electrons. The molecule has 1 aromatic rings. The van der Waals surface area contributed by atoms with Crippen LogP contribution < -0.4 is 5.30 Å². The first kappa shape index (κ1) is 9.67. The highest BCUT2D eigenvalue weighted by atomic mass is 31.1. The van der Waals surface area contributed by atoms with Crippen LogP contribution in [0.25, 0.3) is 0 Å². The summed E-state index contributed by atoms with van der Waals surface area (Å²) in [5.74, 6) is -0.138. The molecule has 0 aromatic heterocycles. The molecule has 0 spiro atoms. The molecule has 2 heteroatoms. The van der Waals surface area contributed by atoms with Crippen LogP contribution in [0.1, 0.15) is 13.8 Å². The van der Waals surface area contributed by atoms with Crippen LogP contribution in [0.2, 0.25) is 0 Å². The molecular formula is C10H14FP. The van der Waals surface area contributed by atoms with Crippen LogP contribution in [-0.4, -0.2) is 12.3 Å². The first-order valence-corrected chi connectivity index (χ1v) is 5.99. The number of benzene rings is 1. The summed E-state index contributed by atoms with van der Waals surface area (Å²) in [6.07, 6.45) is 2.38. The zero-order valence-corrected chi connectivity index (χ0v) is 8.44. The van der Waals surface area contributed by atoms with E-state index in [-0.39, 0.29) is 13.7 Å². The normalized spacial score (nSPS) is 10.7. The molecule has 12 heavy (non-hydrogen) atoms. The number of hydrogen-bond donors (Lipinski definition) is 0. The van der Waals surface area contributed by atoms with Gasteiger partial charge in [0, 0.05) is 0 Å². The smallest absolute Gasteiger partial charge is 0.123 e. The van der Waals surface area contributed by atoms with Crippen molar-refractivity contribution in [3.8, 4) is 0 Å². The molecule has 0 heterocycles. The van der Waals surface area contributed by atoms with Crippen molar-refractivity contribution in [1.82, 2.24) is 0 Å². The maximum Gasteiger partial charge on any atom is 0.123 e. The van der Waals surface area contributed by atoms with Crippen molar-refractivity contribution in [2.24, 2.45) is 0 Å². The summed E-state index contributed by atoms with van der Waals surface area (Å²) < 4.78 is 12.6. The van der Waals surface area contributed by atoms with E-state index in [4.69, 9.17) is 0 Å². The van der Waals surface area contributed by atoms with Gasteiger partial charge in [-0.15, -0.1) is 0 Å². The van der Waals surface area contributed by atoms with Gasteiger partial charge in [0.2, 0.25) is 0 Å².